The van der Waals surface area contributed by atoms with Crippen LogP contribution in [0.25, 0.3) is 0 Å². The van der Waals surface area contributed by atoms with Crippen molar-refractivity contribution in [3.8, 4) is 0 Å². The van der Waals surface area contributed by atoms with E-state index in [-0.39, 0.29) is 43.1 Å². The number of aliphatic hydroxyl groups is 4. The second-order valence-electron chi connectivity index (χ2n) is 7.80. The summed E-state index contributed by atoms with van der Waals surface area (Å²) >= 11 is 0. The normalized spacial score (nSPS) is 36.2. The fourth-order valence-electron chi connectivity index (χ4n) is 3.54. The standard InChI is InChI=1S/C19H33NO7/c1-10(7-16(23)20-4-5-21)6-14-18(25)17(24)13(9-26-14)8-15-19(27-15)11(2)12(3)22/h7,11-15,17-19,21-22,24-25H,4-6,8-9H2,1-3H3,(H,20,23)/b10-7+/t11-,12-,13-,14-,15-,17+,18-,19-/m0/s1. The average Bonchev–Trinajstić information content (AvgIpc) is 3.37. The lowest BCUT2D eigenvalue weighted by Gasteiger charge is -2.38. The molecule has 2 fully saturated rings. The third-order valence-corrected chi connectivity index (χ3v) is 5.49. The molecule has 8 atom stereocenters. The quantitative estimate of drug-likeness (QED) is 0.262. The van der Waals surface area contributed by atoms with Crippen molar-refractivity contribution in [1.82, 2.24) is 5.32 Å². The summed E-state index contributed by atoms with van der Waals surface area (Å²) in [7, 11) is 0. The number of ether oxygens (including phenoxy) is 2. The van der Waals surface area contributed by atoms with Crippen LogP contribution in [0.15, 0.2) is 11.6 Å². The van der Waals surface area contributed by atoms with Gasteiger partial charge in [-0.2, -0.15) is 0 Å². The fourth-order valence-corrected chi connectivity index (χ4v) is 3.54. The van der Waals surface area contributed by atoms with Crippen LogP contribution in [0.4, 0.5) is 0 Å². The molecule has 2 aliphatic heterocycles. The number of carbonyl (C=O) groups is 1. The minimum Gasteiger partial charge on any atom is -0.395 e. The summed E-state index contributed by atoms with van der Waals surface area (Å²) in [5.74, 6) is -0.516. The first kappa shape index (κ1) is 22.3. The number of nitrogens with one attached hydrogen (secondary N) is 1. The van der Waals surface area contributed by atoms with E-state index in [9.17, 15) is 20.1 Å². The van der Waals surface area contributed by atoms with Gasteiger partial charge in [0, 0.05) is 24.5 Å². The molecule has 8 nitrogen and oxygen atoms in total. The minimum atomic E-state index is -1.04. The number of epoxide rings is 1. The molecule has 0 aromatic heterocycles. The molecule has 0 radical (unpaired) electrons. The smallest absolute Gasteiger partial charge is 0.244 e. The first-order chi connectivity index (χ1) is 12.7. The Balaban J connectivity index is 1.81. The Kier molecular flexibility index (Phi) is 8.20. The van der Waals surface area contributed by atoms with Crippen LogP contribution in [-0.4, -0.2) is 82.7 Å². The summed E-state index contributed by atoms with van der Waals surface area (Å²) in [6, 6.07) is 0. The lowest BCUT2D eigenvalue weighted by atomic mass is 9.85. The van der Waals surface area contributed by atoms with Crippen molar-refractivity contribution in [3.63, 3.8) is 0 Å². The van der Waals surface area contributed by atoms with Gasteiger partial charge in [-0.3, -0.25) is 4.79 Å². The molecule has 0 aliphatic carbocycles. The summed E-state index contributed by atoms with van der Waals surface area (Å²) in [5, 5.41) is 41.7. The highest BCUT2D eigenvalue weighted by atomic mass is 16.6. The van der Waals surface area contributed by atoms with Crippen molar-refractivity contribution in [2.24, 2.45) is 11.8 Å². The Morgan fingerprint density at radius 2 is 1.96 bits per heavy atom. The summed E-state index contributed by atoms with van der Waals surface area (Å²) in [5.41, 5.74) is 0.719. The maximum Gasteiger partial charge on any atom is 0.244 e. The highest BCUT2D eigenvalue weighted by molar-refractivity contribution is 5.88. The highest BCUT2D eigenvalue weighted by Crippen LogP contribution is 2.38. The van der Waals surface area contributed by atoms with E-state index in [1.807, 2.05) is 6.92 Å². The van der Waals surface area contributed by atoms with E-state index in [0.29, 0.717) is 19.4 Å². The van der Waals surface area contributed by atoms with E-state index in [1.165, 1.54) is 6.08 Å². The predicted octanol–water partition coefficient (Wildman–Crippen LogP) is -0.657. The van der Waals surface area contributed by atoms with Gasteiger partial charge in [0.05, 0.1) is 43.7 Å². The zero-order valence-electron chi connectivity index (χ0n) is 16.2. The second-order valence-corrected chi connectivity index (χ2v) is 7.80. The molecular formula is C19H33NO7. The van der Waals surface area contributed by atoms with Crippen molar-refractivity contribution in [2.75, 3.05) is 19.8 Å². The topological polar surface area (TPSA) is 132 Å². The van der Waals surface area contributed by atoms with Gasteiger partial charge in [-0.15, -0.1) is 0 Å². The molecule has 2 aliphatic rings. The van der Waals surface area contributed by atoms with Gasteiger partial charge < -0.3 is 35.2 Å². The summed E-state index contributed by atoms with van der Waals surface area (Å²) in [6.45, 7) is 5.79. The molecule has 156 valence electrons. The molecule has 2 saturated heterocycles. The SMILES string of the molecule is C/C(=C\C(=O)NCCO)C[C@@H]1OC[C@H](C[C@@H]2O[C@H]2[C@@H](C)[C@H](C)O)[C@@H](O)[C@H]1O. The minimum absolute atomic E-state index is 0.0188. The van der Waals surface area contributed by atoms with Crippen LogP contribution in [0.2, 0.25) is 0 Å². The molecule has 0 spiro atoms. The molecule has 2 rings (SSSR count). The largest absolute Gasteiger partial charge is 0.395 e. The van der Waals surface area contributed by atoms with Crippen LogP contribution in [-0.2, 0) is 14.3 Å². The summed E-state index contributed by atoms with van der Waals surface area (Å²) in [6.07, 6.45) is -0.732. The molecule has 0 aromatic rings. The van der Waals surface area contributed by atoms with Crippen LogP contribution < -0.4 is 5.32 Å². The number of hydrogen-bond acceptors (Lipinski definition) is 7. The molecule has 0 unspecified atom stereocenters. The van der Waals surface area contributed by atoms with Crippen LogP contribution in [0, 0.1) is 11.8 Å². The van der Waals surface area contributed by atoms with E-state index in [0.717, 1.165) is 5.57 Å². The van der Waals surface area contributed by atoms with Crippen LogP contribution >= 0.6 is 0 Å². The van der Waals surface area contributed by atoms with Crippen LogP contribution in [0.5, 0.6) is 0 Å². The van der Waals surface area contributed by atoms with Gasteiger partial charge in [0.15, 0.2) is 0 Å². The number of hydrogen-bond donors (Lipinski definition) is 5. The highest BCUT2D eigenvalue weighted by Gasteiger charge is 2.48. The number of aliphatic hydroxyl groups excluding tert-OH is 4. The van der Waals surface area contributed by atoms with Crippen molar-refractivity contribution in [3.05, 3.63) is 11.6 Å². The Labute approximate surface area is 160 Å². The average molecular weight is 387 g/mol. The van der Waals surface area contributed by atoms with Crippen LogP contribution in [0.1, 0.15) is 33.6 Å². The summed E-state index contributed by atoms with van der Waals surface area (Å²) in [4.78, 5) is 11.6. The van der Waals surface area contributed by atoms with E-state index >= 15 is 0 Å². The van der Waals surface area contributed by atoms with Gasteiger partial charge in [-0.1, -0.05) is 12.5 Å². The van der Waals surface area contributed by atoms with Crippen molar-refractivity contribution in [1.29, 1.82) is 0 Å². The zero-order valence-corrected chi connectivity index (χ0v) is 16.2. The molecule has 0 aromatic carbocycles. The van der Waals surface area contributed by atoms with Gasteiger partial charge in [0.2, 0.25) is 5.91 Å². The maximum atomic E-state index is 11.6. The maximum absolute atomic E-state index is 11.6. The Morgan fingerprint density at radius 1 is 1.26 bits per heavy atom. The fraction of sp³-hybridized carbons (Fsp3) is 0.842. The molecule has 1 amide bonds. The van der Waals surface area contributed by atoms with Gasteiger partial charge in [-0.05, 0) is 26.7 Å². The predicted molar refractivity (Wildman–Crippen MR) is 97.8 cm³/mol. The number of carbonyl (C=O) groups excluding carboxylic acids is 1. The molecule has 27 heavy (non-hydrogen) atoms. The number of amides is 1. The molecule has 0 bridgehead atoms. The van der Waals surface area contributed by atoms with Crippen molar-refractivity contribution in [2.45, 2.75) is 70.2 Å². The summed E-state index contributed by atoms with van der Waals surface area (Å²) < 4.78 is 11.4. The molecule has 8 heteroatoms. The Morgan fingerprint density at radius 3 is 2.59 bits per heavy atom. The van der Waals surface area contributed by atoms with E-state index in [1.54, 1.807) is 13.8 Å². The third-order valence-electron chi connectivity index (χ3n) is 5.49. The van der Waals surface area contributed by atoms with Gasteiger partial charge in [-0.25, -0.2) is 0 Å². The lowest BCUT2D eigenvalue weighted by molar-refractivity contribution is -0.165. The first-order valence-corrected chi connectivity index (χ1v) is 9.61. The van der Waals surface area contributed by atoms with Crippen molar-refractivity contribution >= 4 is 5.91 Å². The Hall–Kier alpha value is -1.03. The first-order valence-electron chi connectivity index (χ1n) is 9.61. The van der Waals surface area contributed by atoms with Gasteiger partial charge in [0.1, 0.15) is 6.10 Å². The monoisotopic (exact) mass is 387 g/mol. The third kappa shape index (κ3) is 6.23. The second kappa shape index (κ2) is 9.95. The van der Waals surface area contributed by atoms with E-state index < -0.39 is 24.4 Å². The zero-order chi connectivity index (χ0) is 20.1. The van der Waals surface area contributed by atoms with Crippen molar-refractivity contribution < 1.29 is 34.7 Å². The number of rotatable bonds is 9. The lowest BCUT2D eigenvalue weighted by Crippen LogP contribution is -2.50. The van der Waals surface area contributed by atoms with Gasteiger partial charge >= 0.3 is 0 Å². The van der Waals surface area contributed by atoms with E-state index in [4.69, 9.17) is 14.6 Å². The van der Waals surface area contributed by atoms with Gasteiger partial charge in [0.25, 0.3) is 0 Å². The van der Waals surface area contributed by atoms with Crippen LogP contribution in [0.3, 0.4) is 0 Å². The Bertz CT molecular complexity index is 524. The molecule has 2 heterocycles. The molecule has 5 N–H and O–H groups in total. The van der Waals surface area contributed by atoms with E-state index in [2.05, 4.69) is 5.32 Å². The molecule has 0 saturated carbocycles. The molecular weight excluding hydrogens is 354 g/mol.